The van der Waals surface area contributed by atoms with E-state index in [9.17, 15) is 0 Å². The molecule has 0 radical (unpaired) electrons. The van der Waals surface area contributed by atoms with Crippen LogP contribution < -0.4 is 4.90 Å². The number of rotatable bonds is 4. The average molecular weight is 336 g/mol. The Kier molecular flexibility index (Phi) is 4.26. The number of hydrogen-bond acceptors (Lipinski definition) is 6. The van der Waals surface area contributed by atoms with E-state index in [0.29, 0.717) is 12.5 Å². The van der Waals surface area contributed by atoms with E-state index in [0.717, 1.165) is 23.2 Å². The number of anilines is 1. The fraction of sp³-hybridized carbons (Fsp3) is 0.750. The minimum absolute atomic E-state index is 0.106. The van der Waals surface area contributed by atoms with Crippen molar-refractivity contribution in [3.63, 3.8) is 0 Å². The summed E-state index contributed by atoms with van der Waals surface area (Å²) in [6.45, 7) is 4.41. The lowest BCUT2D eigenvalue weighted by atomic mass is 10.1. The zero-order chi connectivity index (χ0) is 15.8. The summed E-state index contributed by atoms with van der Waals surface area (Å²) in [6.07, 6.45) is 7.64. The van der Waals surface area contributed by atoms with E-state index >= 15 is 0 Å². The Morgan fingerprint density at radius 2 is 2.17 bits per heavy atom. The van der Waals surface area contributed by atoms with Gasteiger partial charge in [-0.2, -0.15) is 0 Å². The highest BCUT2D eigenvalue weighted by atomic mass is 32.1. The Labute approximate surface area is 140 Å². The lowest BCUT2D eigenvalue weighted by Gasteiger charge is -2.36. The maximum absolute atomic E-state index is 5.91. The molecule has 23 heavy (non-hydrogen) atoms. The van der Waals surface area contributed by atoms with Crippen molar-refractivity contribution in [1.82, 2.24) is 14.6 Å². The second-order valence-electron chi connectivity index (χ2n) is 6.69. The predicted molar refractivity (Wildman–Crippen MR) is 90.5 cm³/mol. The standard InChI is InChI=1S/C16H24N4O2S/c1-11-7-19(8-13(22-11)10-21-2)16-18-20-9-14(17-15(20)23-16)12-5-3-4-6-12/h9,11-13H,3-8,10H2,1-2H3. The second-order valence-corrected chi connectivity index (χ2v) is 7.62. The molecule has 7 heteroatoms. The summed E-state index contributed by atoms with van der Waals surface area (Å²) in [5.74, 6) is 0.641. The first kappa shape index (κ1) is 15.4. The van der Waals surface area contributed by atoms with E-state index in [2.05, 4.69) is 18.0 Å². The average Bonchev–Trinajstić information content (AvgIpc) is 3.22. The molecule has 2 aromatic rings. The minimum atomic E-state index is 0.106. The molecule has 126 valence electrons. The van der Waals surface area contributed by atoms with Crippen molar-refractivity contribution in [1.29, 1.82) is 0 Å². The number of nitrogens with zero attached hydrogens (tertiary/aromatic N) is 4. The Morgan fingerprint density at radius 1 is 1.35 bits per heavy atom. The summed E-state index contributed by atoms with van der Waals surface area (Å²) >= 11 is 1.68. The highest BCUT2D eigenvalue weighted by Crippen LogP contribution is 2.35. The van der Waals surface area contributed by atoms with Crippen molar-refractivity contribution in [2.24, 2.45) is 0 Å². The van der Waals surface area contributed by atoms with Gasteiger partial charge in [0.2, 0.25) is 10.1 Å². The Hall–Kier alpha value is -1.18. The third-order valence-electron chi connectivity index (χ3n) is 4.77. The summed E-state index contributed by atoms with van der Waals surface area (Å²) in [5, 5.41) is 5.79. The molecular formula is C16H24N4O2S. The van der Waals surface area contributed by atoms with Crippen LogP contribution in [0, 0.1) is 0 Å². The smallest absolute Gasteiger partial charge is 0.214 e. The van der Waals surface area contributed by atoms with Crippen LogP contribution >= 0.6 is 11.3 Å². The lowest BCUT2D eigenvalue weighted by molar-refractivity contribution is -0.0511. The maximum Gasteiger partial charge on any atom is 0.214 e. The van der Waals surface area contributed by atoms with Crippen LogP contribution in [-0.4, -0.2) is 53.6 Å². The summed E-state index contributed by atoms with van der Waals surface area (Å²) in [6, 6.07) is 0. The molecule has 6 nitrogen and oxygen atoms in total. The van der Waals surface area contributed by atoms with Crippen LogP contribution in [0.3, 0.4) is 0 Å². The monoisotopic (exact) mass is 336 g/mol. The van der Waals surface area contributed by atoms with Crippen LogP contribution in [0.5, 0.6) is 0 Å². The van der Waals surface area contributed by atoms with Crippen LogP contribution in [0.4, 0.5) is 5.13 Å². The van der Waals surface area contributed by atoms with Crippen LogP contribution in [0.15, 0.2) is 6.20 Å². The molecule has 2 fully saturated rings. The van der Waals surface area contributed by atoms with E-state index in [1.165, 1.54) is 31.4 Å². The van der Waals surface area contributed by atoms with Gasteiger partial charge in [0.25, 0.3) is 0 Å². The van der Waals surface area contributed by atoms with Crippen molar-refractivity contribution in [2.45, 2.75) is 50.7 Å². The minimum Gasteiger partial charge on any atom is -0.382 e. The van der Waals surface area contributed by atoms with E-state index < -0.39 is 0 Å². The fourth-order valence-electron chi connectivity index (χ4n) is 3.73. The van der Waals surface area contributed by atoms with Gasteiger partial charge in [-0.1, -0.05) is 24.2 Å². The SMILES string of the molecule is COCC1CN(c2nn3cc(C4CCCC4)nc3s2)CC(C)O1. The zero-order valence-corrected chi connectivity index (χ0v) is 14.6. The number of fused-ring (bicyclic) bond motifs is 1. The first-order chi connectivity index (χ1) is 11.2. The van der Waals surface area contributed by atoms with Gasteiger partial charge < -0.3 is 14.4 Å². The molecule has 1 saturated carbocycles. The molecule has 2 aromatic heterocycles. The van der Waals surface area contributed by atoms with Crippen LogP contribution in [0.1, 0.15) is 44.2 Å². The molecule has 2 atom stereocenters. The van der Waals surface area contributed by atoms with Gasteiger partial charge in [0, 0.05) is 26.1 Å². The van der Waals surface area contributed by atoms with Gasteiger partial charge in [-0.15, -0.1) is 5.10 Å². The number of ether oxygens (including phenoxy) is 2. The Balaban J connectivity index is 1.53. The summed E-state index contributed by atoms with van der Waals surface area (Å²) < 4.78 is 13.1. The summed E-state index contributed by atoms with van der Waals surface area (Å²) in [7, 11) is 1.72. The molecule has 3 heterocycles. The normalized spacial score (nSPS) is 26.4. The van der Waals surface area contributed by atoms with E-state index in [1.54, 1.807) is 18.4 Å². The molecule has 1 aliphatic carbocycles. The molecule has 0 spiro atoms. The molecule has 4 rings (SSSR count). The van der Waals surface area contributed by atoms with Gasteiger partial charge in [0.05, 0.1) is 30.7 Å². The molecule has 0 aromatic carbocycles. The van der Waals surface area contributed by atoms with Gasteiger partial charge in [-0.3, -0.25) is 0 Å². The third-order valence-corrected chi connectivity index (χ3v) is 5.76. The van der Waals surface area contributed by atoms with Gasteiger partial charge in [0.15, 0.2) is 0 Å². The molecule has 1 saturated heterocycles. The largest absolute Gasteiger partial charge is 0.382 e. The van der Waals surface area contributed by atoms with Gasteiger partial charge in [0.1, 0.15) is 0 Å². The quantitative estimate of drug-likeness (QED) is 0.859. The highest BCUT2D eigenvalue weighted by Gasteiger charge is 2.28. The van der Waals surface area contributed by atoms with Crippen molar-refractivity contribution in [2.75, 3.05) is 31.7 Å². The van der Waals surface area contributed by atoms with Crippen LogP contribution in [-0.2, 0) is 9.47 Å². The van der Waals surface area contributed by atoms with Crippen LogP contribution in [0.25, 0.3) is 4.96 Å². The van der Waals surface area contributed by atoms with Crippen LogP contribution in [0.2, 0.25) is 0 Å². The number of methoxy groups -OCH3 is 1. The molecular weight excluding hydrogens is 312 g/mol. The predicted octanol–water partition coefficient (Wildman–Crippen LogP) is 2.69. The third kappa shape index (κ3) is 3.09. The zero-order valence-electron chi connectivity index (χ0n) is 13.8. The highest BCUT2D eigenvalue weighted by molar-refractivity contribution is 7.20. The Bertz CT molecular complexity index is 633. The van der Waals surface area contributed by atoms with Crippen molar-refractivity contribution < 1.29 is 9.47 Å². The van der Waals surface area contributed by atoms with E-state index in [-0.39, 0.29) is 12.2 Å². The summed E-state index contributed by atoms with van der Waals surface area (Å²) in [5.41, 5.74) is 1.22. The molecule has 2 aliphatic rings. The first-order valence-electron chi connectivity index (χ1n) is 8.48. The van der Waals surface area contributed by atoms with Crippen molar-refractivity contribution in [3.05, 3.63) is 11.9 Å². The molecule has 0 amide bonds. The van der Waals surface area contributed by atoms with Gasteiger partial charge in [-0.05, 0) is 19.8 Å². The summed E-state index contributed by atoms with van der Waals surface area (Å²) in [4.78, 5) is 8.12. The topological polar surface area (TPSA) is 51.9 Å². The molecule has 2 unspecified atom stereocenters. The molecule has 0 bridgehead atoms. The van der Waals surface area contributed by atoms with Gasteiger partial charge in [-0.25, -0.2) is 9.50 Å². The Morgan fingerprint density at radius 3 is 2.91 bits per heavy atom. The van der Waals surface area contributed by atoms with Crippen molar-refractivity contribution >= 4 is 21.4 Å². The fourth-order valence-corrected chi connectivity index (χ4v) is 4.64. The van der Waals surface area contributed by atoms with Gasteiger partial charge >= 0.3 is 0 Å². The number of morpholine rings is 1. The number of aromatic nitrogens is 3. The maximum atomic E-state index is 5.91. The van der Waals surface area contributed by atoms with E-state index in [1.807, 2.05) is 4.52 Å². The second kappa shape index (κ2) is 6.37. The number of hydrogen-bond donors (Lipinski definition) is 0. The lowest BCUT2D eigenvalue weighted by Crippen LogP contribution is -2.48. The first-order valence-corrected chi connectivity index (χ1v) is 9.30. The number of imidazole rings is 1. The van der Waals surface area contributed by atoms with E-state index in [4.69, 9.17) is 19.6 Å². The van der Waals surface area contributed by atoms with Crippen molar-refractivity contribution in [3.8, 4) is 0 Å². The molecule has 1 aliphatic heterocycles. The molecule has 0 N–H and O–H groups in total.